The smallest absolute Gasteiger partial charge is 0.336 e. The molecular weight excluding hydrogens is 532 g/mol. The van der Waals surface area contributed by atoms with Crippen molar-refractivity contribution in [3.63, 3.8) is 0 Å². The van der Waals surface area contributed by atoms with Gasteiger partial charge < -0.3 is 24.8 Å². The first-order valence-electron chi connectivity index (χ1n) is 17.4. The molecule has 0 aromatic rings. The number of aliphatic hydroxyl groups is 3. The van der Waals surface area contributed by atoms with Crippen molar-refractivity contribution in [1.29, 1.82) is 0 Å². The molecule has 1 unspecified atom stereocenters. The van der Waals surface area contributed by atoms with Crippen LogP contribution in [-0.4, -0.2) is 57.3 Å². The Hall–Kier alpha value is -1.28. The minimum absolute atomic E-state index is 0.169. The van der Waals surface area contributed by atoms with Gasteiger partial charge in [0.25, 0.3) is 0 Å². The molecular formula is C35H62O7. The third-order valence-corrected chi connectivity index (χ3v) is 8.91. The number of unbranched alkanes of at least 4 members (excludes halogenated alkanes) is 14. The summed E-state index contributed by atoms with van der Waals surface area (Å²) in [6.45, 7) is 3.72. The van der Waals surface area contributed by atoms with E-state index in [0.717, 1.165) is 64.2 Å². The molecule has 2 heterocycles. The van der Waals surface area contributed by atoms with E-state index in [4.69, 9.17) is 9.47 Å². The number of esters is 1. The number of ether oxygens (including phenoxy) is 2. The maximum absolute atomic E-state index is 12.3. The van der Waals surface area contributed by atoms with Gasteiger partial charge in [0, 0.05) is 25.3 Å². The number of rotatable bonds is 26. The first-order valence-corrected chi connectivity index (χ1v) is 17.4. The van der Waals surface area contributed by atoms with Crippen molar-refractivity contribution in [3.05, 3.63) is 11.6 Å². The average molecular weight is 595 g/mol. The highest BCUT2D eigenvalue weighted by Crippen LogP contribution is 2.29. The molecule has 5 atom stereocenters. The highest BCUT2D eigenvalue weighted by molar-refractivity contribution is 5.91. The Balaban J connectivity index is 1.40. The number of hydrogen-bond acceptors (Lipinski definition) is 7. The van der Waals surface area contributed by atoms with E-state index in [1.165, 1.54) is 70.8 Å². The van der Waals surface area contributed by atoms with E-state index in [-0.39, 0.29) is 18.0 Å². The molecule has 0 amide bonds. The van der Waals surface area contributed by atoms with Gasteiger partial charge in [-0.1, -0.05) is 96.8 Å². The number of Topliss-reactive ketones (excluding diaryl/α,β-unsaturated/α-hetero) is 1. The molecule has 42 heavy (non-hydrogen) atoms. The van der Waals surface area contributed by atoms with Gasteiger partial charge in [-0.05, 0) is 57.4 Å². The van der Waals surface area contributed by atoms with Crippen LogP contribution >= 0.6 is 0 Å². The second kappa shape index (κ2) is 21.4. The fourth-order valence-electron chi connectivity index (χ4n) is 6.29. The molecule has 0 aliphatic carbocycles. The summed E-state index contributed by atoms with van der Waals surface area (Å²) in [5.41, 5.74) is 0.562. The lowest BCUT2D eigenvalue weighted by Crippen LogP contribution is -2.31. The third-order valence-electron chi connectivity index (χ3n) is 8.91. The summed E-state index contributed by atoms with van der Waals surface area (Å²) in [5, 5.41) is 30.9. The molecule has 3 N–H and O–H groups in total. The van der Waals surface area contributed by atoms with Crippen LogP contribution in [0.25, 0.3) is 0 Å². The molecule has 7 nitrogen and oxygen atoms in total. The van der Waals surface area contributed by atoms with Gasteiger partial charge in [-0.3, -0.25) is 4.79 Å². The number of carbonyl (C=O) groups is 2. The van der Waals surface area contributed by atoms with E-state index in [2.05, 4.69) is 6.92 Å². The summed E-state index contributed by atoms with van der Waals surface area (Å²) in [4.78, 5) is 23.9. The first-order chi connectivity index (χ1) is 20.2. The molecule has 0 saturated carbocycles. The lowest BCUT2D eigenvalue weighted by atomic mass is 9.99. The van der Waals surface area contributed by atoms with E-state index in [1.54, 1.807) is 0 Å². The molecule has 2 aliphatic heterocycles. The summed E-state index contributed by atoms with van der Waals surface area (Å²) < 4.78 is 10.9. The number of ketones is 1. The quantitative estimate of drug-likeness (QED) is 0.0697. The highest BCUT2D eigenvalue weighted by atomic mass is 16.7. The van der Waals surface area contributed by atoms with Crippen LogP contribution in [0.4, 0.5) is 0 Å². The van der Waals surface area contributed by atoms with Crippen LogP contribution in [0.2, 0.25) is 0 Å². The summed E-state index contributed by atoms with van der Waals surface area (Å²) in [6, 6.07) is 0. The van der Waals surface area contributed by atoms with E-state index in [9.17, 15) is 24.9 Å². The minimum atomic E-state index is -1.46. The lowest BCUT2D eigenvalue weighted by molar-refractivity contribution is -0.172. The molecule has 1 saturated heterocycles. The largest absolute Gasteiger partial charge is 0.426 e. The summed E-state index contributed by atoms with van der Waals surface area (Å²) in [7, 11) is 0. The predicted molar refractivity (Wildman–Crippen MR) is 167 cm³/mol. The van der Waals surface area contributed by atoms with Gasteiger partial charge >= 0.3 is 5.97 Å². The van der Waals surface area contributed by atoms with Gasteiger partial charge in [-0.15, -0.1) is 0 Å². The maximum atomic E-state index is 12.3. The summed E-state index contributed by atoms with van der Waals surface area (Å²) in [5.74, 6) is -1.61. The molecule has 2 rings (SSSR count). The molecule has 2 aliphatic rings. The van der Waals surface area contributed by atoms with Crippen LogP contribution < -0.4 is 0 Å². The SMILES string of the molecule is CCCCCCCCCCCC[C@@H](O)[C@H]1CC[C@H]([C@H](O)CCCC(=O)CCCCCCCCC2=CC(C)(O)OC2=O)O1. The number of hydrogen-bond donors (Lipinski definition) is 3. The molecule has 0 spiro atoms. The van der Waals surface area contributed by atoms with Crippen molar-refractivity contribution in [2.24, 2.45) is 0 Å². The van der Waals surface area contributed by atoms with Gasteiger partial charge in [0.05, 0.1) is 24.4 Å². The zero-order valence-corrected chi connectivity index (χ0v) is 26.8. The summed E-state index contributed by atoms with van der Waals surface area (Å²) in [6.07, 6.45) is 24.2. The summed E-state index contributed by atoms with van der Waals surface area (Å²) >= 11 is 0. The van der Waals surface area contributed by atoms with Crippen molar-refractivity contribution < 1.29 is 34.4 Å². The highest BCUT2D eigenvalue weighted by Gasteiger charge is 2.34. The standard InChI is InChI=1S/C35H62O7/c1-3-4-5-6-7-8-9-10-15-18-23-30(37)32-25-26-33(41-32)31(38)24-19-22-29(36)21-17-14-12-11-13-16-20-28-27-35(2,40)42-34(28)39/h27,30-33,37-38,40H,3-26H2,1-2H3/t30-,31-,32-,33-,35?/m1/s1. The second-order valence-electron chi connectivity index (χ2n) is 13.1. The van der Waals surface area contributed by atoms with Crippen LogP contribution in [0, 0.1) is 0 Å². The zero-order valence-electron chi connectivity index (χ0n) is 26.8. The fraction of sp³-hybridized carbons (Fsp3) is 0.886. The Morgan fingerprint density at radius 2 is 1.26 bits per heavy atom. The molecule has 0 radical (unpaired) electrons. The number of aliphatic hydroxyl groups excluding tert-OH is 2. The molecule has 0 bridgehead atoms. The molecule has 244 valence electrons. The van der Waals surface area contributed by atoms with Gasteiger partial charge in [0.1, 0.15) is 5.78 Å². The van der Waals surface area contributed by atoms with Crippen molar-refractivity contribution in [2.75, 3.05) is 0 Å². The lowest BCUT2D eigenvalue weighted by Gasteiger charge is -2.22. The van der Waals surface area contributed by atoms with Crippen molar-refractivity contribution in [3.8, 4) is 0 Å². The average Bonchev–Trinajstić information content (AvgIpc) is 3.54. The van der Waals surface area contributed by atoms with E-state index in [0.29, 0.717) is 37.7 Å². The molecule has 0 aromatic heterocycles. The Kier molecular flexibility index (Phi) is 18.8. The van der Waals surface area contributed by atoms with Crippen LogP contribution in [0.5, 0.6) is 0 Å². The Labute approximate surface area is 255 Å². The molecule has 1 fully saturated rings. The Bertz CT molecular complexity index is 777. The fourth-order valence-corrected chi connectivity index (χ4v) is 6.29. The van der Waals surface area contributed by atoms with Gasteiger partial charge in [-0.25, -0.2) is 4.79 Å². The van der Waals surface area contributed by atoms with Crippen LogP contribution in [0.15, 0.2) is 11.6 Å². The van der Waals surface area contributed by atoms with E-state index < -0.39 is 24.0 Å². The Morgan fingerprint density at radius 1 is 0.786 bits per heavy atom. The maximum Gasteiger partial charge on any atom is 0.336 e. The predicted octanol–water partition coefficient (Wildman–Crippen LogP) is 7.62. The zero-order chi connectivity index (χ0) is 30.6. The minimum Gasteiger partial charge on any atom is -0.426 e. The van der Waals surface area contributed by atoms with Gasteiger partial charge in [0.2, 0.25) is 5.79 Å². The number of carbonyl (C=O) groups excluding carboxylic acids is 2. The Morgan fingerprint density at radius 3 is 1.81 bits per heavy atom. The van der Waals surface area contributed by atoms with Crippen LogP contribution in [-0.2, 0) is 19.1 Å². The third kappa shape index (κ3) is 16.0. The normalized spacial score (nSPS) is 23.6. The van der Waals surface area contributed by atoms with Crippen LogP contribution in [0.1, 0.15) is 168 Å². The monoisotopic (exact) mass is 594 g/mol. The van der Waals surface area contributed by atoms with Gasteiger partial charge in [-0.2, -0.15) is 0 Å². The van der Waals surface area contributed by atoms with Gasteiger partial charge in [0.15, 0.2) is 0 Å². The second-order valence-corrected chi connectivity index (χ2v) is 13.1. The van der Waals surface area contributed by atoms with E-state index in [1.807, 2.05) is 0 Å². The molecule has 7 heteroatoms. The number of cyclic esters (lactones) is 1. The van der Waals surface area contributed by atoms with Crippen LogP contribution in [0.3, 0.4) is 0 Å². The first kappa shape index (κ1) is 36.9. The van der Waals surface area contributed by atoms with Crippen molar-refractivity contribution >= 4 is 11.8 Å². The van der Waals surface area contributed by atoms with E-state index >= 15 is 0 Å². The van der Waals surface area contributed by atoms with Crippen molar-refractivity contribution in [2.45, 2.75) is 198 Å². The van der Waals surface area contributed by atoms with Crippen molar-refractivity contribution in [1.82, 2.24) is 0 Å². The topological polar surface area (TPSA) is 113 Å². The molecule has 0 aromatic carbocycles.